The van der Waals surface area contributed by atoms with Gasteiger partial charge in [0.15, 0.2) is 0 Å². The van der Waals surface area contributed by atoms with Gasteiger partial charge in [-0.25, -0.2) is 0 Å². The number of methoxy groups -OCH3 is 1. The van der Waals surface area contributed by atoms with E-state index in [0.717, 1.165) is 31.7 Å². The van der Waals surface area contributed by atoms with Gasteiger partial charge in [0.2, 0.25) is 0 Å². The Bertz CT molecular complexity index is 341. The number of para-hydroxylation sites is 1. The molecule has 0 aliphatic carbocycles. The molecule has 1 unspecified atom stereocenters. The number of hydrogen-bond donors (Lipinski definition) is 1. The van der Waals surface area contributed by atoms with Gasteiger partial charge in [0.05, 0.1) is 19.8 Å². The molecule has 0 amide bonds. The quantitative estimate of drug-likeness (QED) is 0.656. The first-order valence-corrected chi connectivity index (χ1v) is 7.27. The van der Waals surface area contributed by atoms with Crippen LogP contribution in [0.15, 0.2) is 24.3 Å². The van der Waals surface area contributed by atoms with Crippen molar-refractivity contribution in [3.05, 3.63) is 29.8 Å². The molecule has 1 N–H and O–H groups in total. The van der Waals surface area contributed by atoms with E-state index >= 15 is 0 Å². The maximum atomic E-state index is 5.77. The molecule has 1 atom stereocenters. The lowest BCUT2D eigenvalue weighted by molar-refractivity contribution is 0.108. The van der Waals surface area contributed by atoms with E-state index in [1.807, 2.05) is 18.2 Å². The van der Waals surface area contributed by atoms with E-state index in [-0.39, 0.29) is 6.04 Å². The predicted molar refractivity (Wildman–Crippen MR) is 79.8 cm³/mol. The molecule has 3 nitrogen and oxygen atoms in total. The highest BCUT2D eigenvalue weighted by Gasteiger charge is 2.15. The third kappa shape index (κ3) is 5.62. The van der Waals surface area contributed by atoms with Crippen LogP contribution in [-0.2, 0) is 4.74 Å². The number of benzene rings is 1. The Morgan fingerprint density at radius 3 is 2.63 bits per heavy atom. The van der Waals surface area contributed by atoms with Crippen molar-refractivity contribution in [2.24, 2.45) is 0 Å². The second-order valence-electron chi connectivity index (χ2n) is 4.68. The van der Waals surface area contributed by atoms with Crippen molar-refractivity contribution < 1.29 is 9.47 Å². The zero-order valence-corrected chi connectivity index (χ0v) is 12.4. The molecule has 1 rings (SSSR count). The first-order chi connectivity index (χ1) is 9.33. The summed E-state index contributed by atoms with van der Waals surface area (Å²) in [6.07, 6.45) is 3.40. The molecule has 0 aliphatic rings. The van der Waals surface area contributed by atoms with E-state index in [0.29, 0.717) is 6.61 Å². The van der Waals surface area contributed by atoms with Gasteiger partial charge in [0.25, 0.3) is 0 Å². The summed E-state index contributed by atoms with van der Waals surface area (Å²) in [5.41, 5.74) is 1.18. The van der Waals surface area contributed by atoms with E-state index in [2.05, 4.69) is 25.2 Å². The number of nitrogens with one attached hydrogen (secondary N) is 1. The molecule has 0 saturated heterocycles. The number of rotatable bonds is 10. The van der Waals surface area contributed by atoms with Gasteiger partial charge in [-0.05, 0) is 25.5 Å². The Hall–Kier alpha value is -1.06. The normalized spacial score (nSPS) is 12.4. The maximum Gasteiger partial charge on any atom is 0.123 e. The molecule has 0 fully saturated rings. The molecule has 1 aromatic rings. The summed E-state index contributed by atoms with van der Waals surface area (Å²) >= 11 is 0. The van der Waals surface area contributed by atoms with E-state index in [1.54, 1.807) is 7.11 Å². The molecular formula is C16H27NO2. The summed E-state index contributed by atoms with van der Waals surface area (Å²) in [6, 6.07) is 8.35. The monoisotopic (exact) mass is 265 g/mol. The van der Waals surface area contributed by atoms with E-state index in [9.17, 15) is 0 Å². The summed E-state index contributed by atoms with van der Waals surface area (Å²) in [5.74, 6) is 0.926. The van der Waals surface area contributed by atoms with Crippen LogP contribution in [0, 0.1) is 0 Å². The predicted octanol–water partition coefficient (Wildman–Crippen LogP) is 3.55. The SMILES string of the molecule is CCCCOCC(NCCC)c1ccccc1OC. The molecule has 1 aromatic carbocycles. The highest BCUT2D eigenvalue weighted by molar-refractivity contribution is 5.35. The van der Waals surface area contributed by atoms with E-state index in [4.69, 9.17) is 9.47 Å². The van der Waals surface area contributed by atoms with Crippen LogP contribution in [0.2, 0.25) is 0 Å². The minimum atomic E-state index is 0.202. The number of unbranched alkanes of at least 4 members (excludes halogenated alkanes) is 1. The first kappa shape index (κ1) is 16.0. The van der Waals surface area contributed by atoms with Gasteiger partial charge in [-0.3, -0.25) is 0 Å². The van der Waals surface area contributed by atoms with Crippen LogP contribution in [0.4, 0.5) is 0 Å². The summed E-state index contributed by atoms with van der Waals surface area (Å²) in [5, 5.41) is 3.53. The molecule has 0 spiro atoms. The second kappa shape index (κ2) is 9.82. The van der Waals surface area contributed by atoms with Gasteiger partial charge in [0.1, 0.15) is 5.75 Å². The maximum absolute atomic E-state index is 5.77. The smallest absolute Gasteiger partial charge is 0.123 e. The molecular weight excluding hydrogens is 238 g/mol. The number of hydrogen-bond acceptors (Lipinski definition) is 3. The van der Waals surface area contributed by atoms with Crippen molar-refractivity contribution in [2.45, 2.75) is 39.2 Å². The Labute approximate surface area is 117 Å². The van der Waals surface area contributed by atoms with Gasteiger partial charge in [0, 0.05) is 12.2 Å². The Morgan fingerprint density at radius 2 is 1.95 bits per heavy atom. The lowest BCUT2D eigenvalue weighted by atomic mass is 10.1. The van der Waals surface area contributed by atoms with Gasteiger partial charge >= 0.3 is 0 Å². The van der Waals surface area contributed by atoms with Gasteiger partial charge < -0.3 is 14.8 Å². The molecule has 0 bridgehead atoms. The van der Waals surface area contributed by atoms with Crippen molar-refractivity contribution in [3.63, 3.8) is 0 Å². The first-order valence-electron chi connectivity index (χ1n) is 7.27. The third-order valence-electron chi connectivity index (χ3n) is 3.08. The lowest BCUT2D eigenvalue weighted by Crippen LogP contribution is -2.27. The van der Waals surface area contributed by atoms with Crippen LogP contribution in [0.5, 0.6) is 5.75 Å². The Balaban J connectivity index is 2.65. The van der Waals surface area contributed by atoms with Crippen LogP contribution < -0.4 is 10.1 Å². The average molecular weight is 265 g/mol. The summed E-state index contributed by atoms with van der Waals surface area (Å²) < 4.78 is 11.2. The lowest BCUT2D eigenvalue weighted by Gasteiger charge is -2.21. The molecule has 0 saturated carbocycles. The third-order valence-corrected chi connectivity index (χ3v) is 3.08. The molecule has 0 aromatic heterocycles. The van der Waals surface area contributed by atoms with Crippen molar-refractivity contribution in [1.29, 1.82) is 0 Å². The molecule has 0 radical (unpaired) electrons. The van der Waals surface area contributed by atoms with Gasteiger partial charge in [-0.2, -0.15) is 0 Å². The highest BCUT2D eigenvalue weighted by Crippen LogP contribution is 2.25. The Morgan fingerprint density at radius 1 is 1.16 bits per heavy atom. The minimum absolute atomic E-state index is 0.202. The minimum Gasteiger partial charge on any atom is -0.496 e. The molecule has 3 heteroatoms. The van der Waals surface area contributed by atoms with Crippen LogP contribution >= 0.6 is 0 Å². The Kier molecular flexibility index (Phi) is 8.26. The van der Waals surface area contributed by atoms with Crippen molar-refractivity contribution in [2.75, 3.05) is 26.9 Å². The van der Waals surface area contributed by atoms with Crippen LogP contribution in [0.1, 0.15) is 44.7 Å². The zero-order chi connectivity index (χ0) is 13.9. The largest absolute Gasteiger partial charge is 0.496 e. The van der Waals surface area contributed by atoms with Crippen LogP contribution in [0.3, 0.4) is 0 Å². The molecule has 0 aliphatic heterocycles. The topological polar surface area (TPSA) is 30.5 Å². The second-order valence-corrected chi connectivity index (χ2v) is 4.68. The van der Waals surface area contributed by atoms with Gasteiger partial charge in [-0.15, -0.1) is 0 Å². The number of ether oxygens (including phenoxy) is 2. The molecule has 0 heterocycles. The average Bonchev–Trinajstić information content (AvgIpc) is 2.46. The van der Waals surface area contributed by atoms with Crippen LogP contribution in [0.25, 0.3) is 0 Å². The summed E-state index contributed by atoms with van der Waals surface area (Å²) in [7, 11) is 1.72. The van der Waals surface area contributed by atoms with E-state index in [1.165, 1.54) is 12.0 Å². The fraction of sp³-hybridized carbons (Fsp3) is 0.625. The van der Waals surface area contributed by atoms with Crippen molar-refractivity contribution in [1.82, 2.24) is 5.32 Å². The van der Waals surface area contributed by atoms with Crippen LogP contribution in [-0.4, -0.2) is 26.9 Å². The van der Waals surface area contributed by atoms with Crippen molar-refractivity contribution in [3.8, 4) is 5.75 Å². The standard InChI is InChI=1S/C16H27NO2/c1-4-6-12-19-13-15(17-11-5-2)14-9-7-8-10-16(14)18-3/h7-10,15,17H,4-6,11-13H2,1-3H3. The van der Waals surface area contributed by atoms with Crippen molar-refractivity contribution >= 4 is 0 Å². The van der Waals surface area contributed by atoms with E-state index < -0.39 is 0 Å². The molecule has 19 heavy (non-hydrogen) atoms. The fourth-order valence-electron chi connectivity index (χ4n) is 1.98. The zero-order valence-electron chi connectivity index (χ0n) is 12.4. The summed E-state index contributed by atoms with van der Waals surface area (Å²) in [4.78, 5) is 0. The highest BCUT2D eigenvalue weighted by atomic mass is 16.5. The summed E-state index contributed by atoms with van der Waals surface area (Å²) in [6.45, 7) is 6.86. The fourth-order valence-corrected chi connectivity index (χ4v) is 1.98. The van der Waals surface area contributed by atoms with Gasteiger partial charge in [-0.1, -0.05) is 38.5 Å². The molecule has 108 valence electrons.